The minimum absolute atomic E-state index is 0.179. The van der Waals surface area contributed by atoms with E-state index in [1.807, 2.05) is 6.92 Å². The van der Waals surface area contributed by atoms with Gasteiger partial charge < -0.3 is 19.5 Å². The summed E-state index contributed by atoms with van der Waals surface area (Å²) in [5.74, 6) is 6.28. The highest BCUT2D eigenvalue weighted by molar-refractivity contribution is 6.04. The molecule has 0 bridgehead atoms. The molecule has 3 rings (SSSR count). The molecule has 2 aromatic carbocycles. The van der Waals surface area contributed by atoms with Gasteiger partial charge in [-0.05, 0) is 42.8 Å². The highest BCUT2D eigenvalue weighted by atomic mass is 19.1. The number of methoxy groups -OCH3 is 1. The molecule has 1 N–H and O–H groups in total. The lowest BCUT2D eigenvalue weighted by atomic mass is 10.1. The van der Waals surface area contributed by atoms with Crippen LogP contribution in [0.15, 0.2) is 54.7 Å². The summed E-state index contributed by atoms with van der Waals surface area (Å²) >= 11 is 0. The van der Waals surface area contributed by atoms with Gasteiger partial charge in [0.2, 0.25) is 0 Å². The van der Waals surface area contributed by atoms with E-state index in [9.17, 15) is 9.18 Å². The maximum atomic E-state index is 13.0. The Morgan fingerprint density at radius 2 is 2.00 bits per heavy atom. The Labute approximate surface area is 192 Å². The van der Waals surface area contributed by atoms with Gasteiger partial charge in [-0.3, -0.25) is 9.48 Å². The fourth-order valence-corrected chi connectivity index (χ4v) is 2.98. The van der Waals surface area contributed by atoms with Crippen LogP contribution < -0.4 is 10.1 Å². The second-order valence-electron chi connectivity index (χ2n) is 7.38. The molecular formula is C25H26FN3O4. The number of aryl methyl sites for hydroxylation is 1. The van der Waals surface area contributed by atoms with Crippen molar-refractivity contribution in [1.29, 1.82) is 0 Å². The highest BCUT2D eigenvalue weighted by Crippen LogP contribution is 2.20. The van der Waals surface area contributed by atoms with Crippen molar-refractivity contribution in [3.05, 3.63) is 77.2 Å². The summed E-state index contributed by atoms with van der Waals surface area (Å²) in [6, 6.07) is 12.9. The van der Waals surface area contributed by atoms with Gasteiger partial charge in [-0.25, -0.2) is 4.39 Å². The molecule has 1 atom stereocenters. The summed E-state index contributed by atoms with van der Waals surface area (Å²) in [6.07, 6.45) is 1.54. The third-order valence-electron chi connectivity index (χ3n) is 4.45. The number of nitrogens with zero attached hydrogens (tertiary/aromatic N) is 2. The van der Waals surface area contributed by atoms with Crippen LogP contribution in [-0.4, -0.2) is 42.1 Å². The van der Waals surface area contributed by atoms with Crippen LogP contribution in [0.2, 0.25) is 0 Å². The van der Waals surface area contributed by atoms with Crippen molar-refractivity contribution in [2.24, 2.45) is 7.05 Å². The quantitative estimate of drug-likeness (QED) is 0.396. The Kier molecular flexibility index (Phi) is 8.58. The molecule has 33 heavy (non-hydrogen) atoms. The third-order valence-corrected chi connectivity index (χ3v) is 4.45. The van der Waals surface area contributed by atoms with Gasteiger partial charge in [-0.2, -0.15) is 5.10 Å². The standard InChI is InChI=1S/C25H26FN3O4/c1-18(16-31-3)33-23-14-20(5-4-12-32-17-19-6-8-22(26)9-7-19)13-21(15-23)25(30)27-24-10-11-29(2)28-24/h6-11,13-15,18H,12,16-17H2,1-3H3,(H,27,28,30)/t18-/m0/s1. The molecule has 0 spiro atoms. The highest BCUT2D eigenvalue weighted by Gasteiger charge is 2.12. The Morgan fingerprint density at radius 3 is 2.70 bits per heavy atom. The van der Waals surface area contributed by atoms with Gasteiger partial charge in [0.05, 0.1) is 13.2 Å². The van der Waals surface area contributed by atoms with Crippen molar-refractivity contribution >= 4 is 11.7 Å². The molecule has 0 radical (unpaired) electrons. The Bertz CT molecular complexity index is 1130. The Hall–Kier alpha value is -3.67. The second-order valence-corrected chi connectivity index (χ2v) is 7.38. The third kappa shape index (κ3) is 7.75. The second kappa shape index (κ2) is 11.8. The Morgan fingerprint density at radius 1 is 1.21 bits per heavy atom. The number of benzene rings is 2. The summed E-state index contributed by atoms with van der Waals surface area (Å²) in [5, 5.41) is 6.93. The summed E-state index contributed by atoms with van der Waals surface area (Å²) in [6.45, 7) is 2.78. The lowest BCUT2D eigenvalue weighted by molar-refractivity contribution is 0.0917. The number of rotatable bonds is 9. The minimum atomic E-state index is -0.325. The van der Waals surface area contributed by atoms with E-state index in [0.29, 0.717) is 35.9 Å². The van der Waals surface area contributed by atoms with Crippen LogP contribution in [0.5, 0.6) is 5.75 Å². The van der Waals surface area contributed by atoms with E-state index in [1.165, 1.54) is 12.1 Å². The zero-order valence-electron chi connectivity index (χ0n) is 18.8. The summed E-state index contributed by atoms with van der Waals surface area (Å²) in [5.41, 5.74) is 1.85. The molecule has 1 heterocycles. The van der Waals surface area contributed by atoms with Crippen LogP contribution >= 0.6 is 0 Å². The van der Waals surface area contributed by atoms with Gasteiger partial charge >= 0.3 is 0 Å². The molecule has 0 aliphatic heterocycles. The number of halogens is 1. The predicted molar refractivity (Wildman–Crippen MR) is 123 cm³/mol. The van der Waals surface area contributed by atoms with Crippen molar-refractivity contribution < 1.29 is 23.4 Å². The maximum Gasteiger partial charge on any atom is 0.257 e. The smallest absolute Gasteiger partial charge is 0.257 e. The number of carbonyl (C=O) groups is 1. The van der Waals surface area contributed by atoms with Gasteiger partial charge in [0.15, 0.2) is 5.82 Å². The molecule has 0 aliphatic rings. The number of hydrogen-bond acceptors (Lipinski definition) is 5. The first-order valence-corrected chi connectivity index (χ1v) is 10.4. The van der Waals surface area contributed by atoms with Gasteiger partial charge in [0.25, 0.3) is 5.91 Å². The lowest BCUT2D eigenvalue weighted by Crippen LogP contribution is -2.19. The van der Waals surface area contributed by atoms with Crippen LogP contribution in [0.4, 0.5) is 10.2 Å². The largest absolute Gasteiger partial charge is 0.488 e. The SMILES string of the molecule is COC[C@H](C)Oc1cc(C#CCOCc2ccc(F)cc2)cc(C(=O)Nc2ccn(C)n2)c1. The molecule has 0 aliphatic carbocycles. The first-order chi connectivity index (χ1) is 15.9. The van der Waals surface area contributed by atoms with Gasteiger partial charge in [-0.15, -0.1) is 0 Å². The number of aromatic nitrogens is 2. The molecule has 3 aromatic rings. The van der Waals surface area contributed by atoms with Crippen molar-refractivity contribution in [1.82, 2.24) is 9.78 Å². The fourth-order valence-electron chi connectivity index (χ4n) is 2.98. The summed E-state index contributed by atoms with van der Waals surface area (Å²) < 4.78 is 31.1. The van der Waals surface area contributed by atoms with E-state index >= 15 is 0 Å². The van der Waals surface area contributed by atoms with Crippen molar-refractivity contribution in [2.75, 3.05) is 25.6 Å². The molecule has 0 unspecified atom stereocenters. The lowest BCUT2D eigenvalue weighted by Gasteiger charge is -2.15. The first-order valence-electron chi connectivity index (χ1n) is 10.4. The van der Waals surface area contributed by atoms with Gasteiger partial charge in [0, 0.05) is 37.5 Å². The van der Waals surface area contributed by atoms with E-state index in [2.05, 4.69) is 22.3 Å². The monoisotopic (exact) mass is 451 g/mol. The molecule has 172 valence electrons. The molecule has 0 saturated carbocycles. The van der Waals surface area contributed by atoms with Crippen LogP contribution in [0, 0.1) is 17.7 Å². The van der Waals surface area contributed by atoms with Gasteiger partial charge in [-0.1, -0.05) is 24.0 Å². The fraction of sp³-hybridized carbons (Fsp3) is 0.280. The molecule has 0 saturated heterocycles. The number of amides is 1. The van der Waals surface area contributed by atoms with Crippen LogP contribution in [-0.2, 0) is 23.1 Å². The average Bonchev–Trinajstić information content (AvgIpc) is 3.19. The number of carbonyl (C=O) groups excluding carboxylic acids is 1. The van der Waals surface area contributed by atoms with Crippen molar-refractivity contribution in [3.8, 4) is 17.6 Å². The zero-order chi connectivity index (χ0) is 23.6. The van der Waals surface area contributed by atoms with Gasteiger partial charge in [0.1, 0.15) is 24.3 Å². The number of nitrogens with one attached hydrogen (secondary N) is 1. The minimum Gasteiger partial charge on any atom is -0.488 e. The molecule has 7 nitrogen and oxygen atoms in total. The van der Waals surface area contributed by atoms with E-state index in [-0.39, 0.29) is 24.4 Å². The van der Waals surface area contributed by atoms with E-state index in [0.717, 1.165) is 5.56 Å². The van der Waals surface area contributed by atoms with Crippen molar-refractivity contribution in [3.63, 3.8) is 0 Å². The molecular weight excluding hydrogens is 425 g/mol. The summed E-state index contributed by atoms with van der Waals surface area (Å²) in [7, 11) is 3.37. The molecule has 1 amide bonds. The summed E-state index contributed by atoms with van der Waals surface area (Å²) in [4.78, 5) is 12.8. The van der Waals surface area contributed by atoms with E-state index in [1.54, 1.807) is 61.4 Å². The molecule has 0 fully saturated rings. The maximum absolute atomic E-state index is 13.0. The number of hydrogen-bond donors (Lipinski definition) is 1. The number of anilines is 1. The predicted octanol–water partition coefficient (Wildman–Crippen LogP) is 3.79. The van der Waals surface area contributed by atoms with E-state index < -0.39 is 0 Å². The Balaban J connectivity index is 1.70. The zero-order valence-corrected chi connectivity index (χ0v) is 18.8. The van der Waals surface area contributed by atoms with Crippen LogP contribution in [0.1, 0.15) is 28.4 Å². The first kappa shape index (κ1) is 24.0. The topological polar surface area (TPSA) is 74.6 Å². The molecule has 8 heteroatoms. The van der Waals surface area contributed by atoms with Crippen LogP contribution in [0.3, 0.4) is 0 Å². The number of ether oxygens (including phenoxy) is 3. The van der Waals surface area contributed by atoms with E-state index in [4.69, 9.17) is 14.2 Å². The average molecular weight is 451 g/mol. The molecule has 1 aromatic heterocycles. The van der Waals surface area contributed by atoms with Crippen LogP contribution in [0.25, 0.3) is 0 Å². The normalized spacial score (nSPS) is 11.4. The van der Waals surface area contributed by atoms with Crippen molar-refractivity contribution in [2.45, 2.75) is 19.6 Å².